The largest absolute Gasteiger partial charge is 0.380 e. The van der Waals surface area contributed by atoms with Crippen LogP contribution in [0, 0.1) is 18.6 Å². The van der Waals surface area contributed by atoms with E-state index in [9.17, 15) is 13.9 Å². The first-order valence-electron chi connectivity index (χ1n) is 5.26. The van der Waals surface area contributed by atoms with Crippen LogP contribution in [-0.4, -0.2) is 5.11 Å². The van der Waals surface area contributed by atoms with E-state index in [1.54, 1.807) is 12.3 Å². The molecule has 96 valence electrons. The molecule has 0 spiro atoms. The Hall–Kier alpha value is -0.780. The maximum Gasteiger partial charge on any atom is 0.146 e. The minimum Gasteiger partial charge on any atom is -0.380 e. The Bertz CT molecular complexity index is 593. The highest BCUT2D eigenvalue weighted by atomic mass is 79.9. The van der Waals surface area contributed by atoms with Gasteiger partial charge in [0.15, 0.2) is 0 Å². The molecule has 0 saturated heterocycles. The Morgan fingerprint density at radius 1 is 1.28 bits per heavy atom. The Kier molecular flexibility index (Phi) is 3.58. The van der Waals surface area contributed by atoms with Crippen LogP contribution in [0.15, 0.2) is 28.1 Å². The van der Waals surface area contributed by atoms with Crippen LogP contribution in [-0.2, 0) is 5.60 Å². The summed E-state index contributed by atoms with van der Waals surface area (Å²) in [4.78, 5) is 0.540. The van der Waals surface area contributed by atoms with Crippen LogP contribution in [0.2, 0.25) is 0 Å². The van der Waals surface area contributed by atoms with E-state index in [1.165, 1.54) is 24.3 Å². The maximum atomic E-state index is 14.0. The minimum atomic E-state index is -1.68. The van der Waals surface area contributed by atoms with Gasteiger partial charge in [0.1, 0.15) is 17.2 Å². The zero-order chi connectivity index (χ0) is 13.5. The van der Waals surface area contributed by atoms with E-state index in [2.05, 4.69) is 15.9 Å². The maximum absolute atomic E-state index is 14.0. The van der Waals surface area contributed by atoms with E-state index in [0.717, 1.165) is 11.6 Å². The molecule has 0 aliphatic rings. The molecule has 0 fully saturated rings. The van der Waals surface area contributed by atoms with Gasteiger partial charge in [-0.3, -0.25) is 0 Å². The first-order chi connectivity index (χ1) is 8.35. The summed E-state index contributed by atoms with van der Waals surface area (Å²) < 4.78 is 28.0. The van der Waals surface area contributed by atoms with E-state index in [4.69, 9.17) is 0 Å². The number of hydrogen-bond acceptors (Lipinski definition) is 2. The summed E-state index contributed by atoms with van der Waals surface area (Å²) in [5.74, 6) is -1.53. The van der Waals surface area contributed by atoms with Gasteiger partial charge >= 0.3 is 0 Å². The number of rotatable bonds is 2. The van der Waals surface area contributed by atoms with Gasteiger partial charge in [-0.2, -0.15) is 0 Å². The van der Waals surface area contributed by atoms with Crippen molar-refractivity contribution in [2.24, 2.45) is 0 Å². The van der Waals surface area contributed by atoms with Crippen LogP contribution in [0.4, 0.5) is 8.78 Å². The fraction of sp³-hybridized carbons (Fsp3) is 0.231. The monoisotopic (exact) mass is 332 g/mol. The summed E-state index contributed by atoms with van der Waals surface area (Å²) in [6, 6.07) is 4.23. The van der Waals surface area contributed by atoms with E-state index in [0.29, 0.717) is 4.88 Å². The van der Waals surface area contributed by atoms with Gasteiger partial charge in [-0.25, -0.2) is 8.78 Å². The molecule has 2 aromatic rings. The van der Waals surface area contributed by atoms with Gasteiger partial charge in [0.25, 0.3) is 0 Å². The topological polar surface area (TPSA) is 20.2 Å². The molecule has 1 nitrogen and oxygen atoms in total. The third kappa shape index (κ3) is 2.11. The Morgan fingerprint density at radius 2 is 1.94 bits per heavy atom. The number of thiophene rings is 1. The SMILES string of the molecule is Cc1ccsc1C(C)(O)c1c(F)ccc(Br)c1F. The van der Waals surface area contributed by atoms with Gasteiger partial charge in [0.2, 0.25) is 0 Å². The molecule has 2 rings (SSSR count). The van der Waals surface area contributed by atoms with Crippen LogP contribution in [0.3, 0.4) is 0 Å². The highest BCUT2D eigenvalue weighted by Crippen LogP contribution is 2.39. The zero-order valence-corrected chi connectivity index (χ0v) is 12.2. The van der Waals surface area contributed by atoms with Crippen molar-refractivity contribution in [3.05, 3.63) is 55.7 Å². The van der Waals surface area contributed by atoms with Gasteiger partial charge in [0, 0.05) is 4.88 Å². The second kappa shape index (κ2) is 4.72. The summed E-state index contributed by atoms with van der Waals surface area (Å²) in [7, 11) is 0. The van der Waals surface area contributed by atoms with Crippen LogP contribution in [0.1, 0.15) is 22.9 Å². The zero-order valence-electron chi connectivity index (χ0n) is 9.80. The van der Waals surface area contributed by atoms with Crippen molar-refractivity contribution in [1.82, 2.24) is 0 Å². The molecule has 18 heavy (non-hydrogen) atoms. The second-order valence-electron chi connectivity index (χ2n) is 4.22. The van der Waals surface area contributed by atoms with Crippen molar-refractivity contribution in [2.45, 2.75) is 19.4 Å². The fourth-order valence-corrected chi connectivity index (χ4v) is 3.28. The Labute approximate surface area is 116 Å². The molecule has 0 radical (unpaired) electrons. The third-order valence-electron chi connectivity index (χ3n) is 2.84. The molecule has 1 heterocycles. The Morgan fingerprint density at radius 3 is 2.50 bits per heavy atom. The molecule has 0 bridgehead atoms. The lowest BCUT2D eigenvalue weighted by Gasteiger charge is -2.25. The molecule has 1 aromatic carbocycles. The standard InChI is InChI=1S/C13H11BrF2OS/c1-7-5-6-18-12(7)13(2,17)10-9(15)4-3-8(14)11(10)16/h3-6,17H,1-2H3. The van der Waals surface area contributed by atoms with Gasteiger partial charge in [-0.15, -0.1) is 11.3 Å². The van der Waals surface area contributed by atoms with Crippen molar-refractivity contribution in [1.29, 1.82) is 0 Å². The first kappa shape index (κ1) is 13.6. The first-order valence-corrected chi connectivity index (χ1v) is 6.94. The normalized spacial score (nSPS) is 14.6. The average molecular weight is 333 g/mol. The molecule has 0 aliphatic carbocycles. The van der Waals surface area contributed by atoms with E-state index in [1.807, 2.05) is 6.07 Å². The lowest BCUT2D eigenvalue weighted by atomic mass is 9.91. The number of aryl methyl sites for hydroxylation is 1. The number of hydrogen-bond donors (Lipinski definition) is 1. The van der Waals surface area contributed by atoms with Gasteiger partial charge in [-0.05, 0) is 58.9 Å². The lowest BCUT2D eigenvalue weighted by molar-refractivity contribution is 0.0965. The molecule has 0 aliphatic heterocycles. The van der Waals surface area contributed by atoms with Crippen molar-refractivity contribution in [2.75, 3.05) is 0 Å². The van der Waals surface area contributed by atoms with Crippen molar-refractivity contribution >= 4 is 27.3 Å². The summed E-state index contributed by atoms with van der Waals surface area (Å²) in [5.41, 5.74) is -1.21. The molecule has 1 atom stereocenters. The predicted molar refractivity (Wildman–Crippen MR) is 71.8 cm³/mol. The number of aliphatic hydroxyl groups is 1. The second-order valence-corrected chi connectivity index (χ2v) is 5.99. The van der Waals surface area contributed by atoms with E-state index >= 15 is 0 Å². The van der Waals surface area contributed by atoms with Crippen LogP contribution >= 0.6 is 27.3 Å². The molecule has 1 unspecified atom stereocenters. The van der Waals surface area contributed by atoms with E-state index < -0.39 is 17.2 Å². The smallest absolute Gasteiger partial charge is 0.146 e. The van der Waals surface area contributed by atoms with Crippen LogP contribution < -0.4 is 0 Å². The minimum absolute atomic E-state index is 0.133. The summed E-state index contributed by atoms with van der Waals surface area (Å²) in [6.45, 7) is 3.20. The van der Waals surface area contributed by atoms with Crippen molar-refractivity contribution in [3.63, 3.8) is 0 Å². The lowest BCUT2D eigenvalue weighted by Crippen LogP contribution is -2.25. The molecule has 0 saturated carbocycles. The molecular weight excluding hydrogens is 322 g/mol. The van der Waals surface area contributed by atoms with Crippen LogP contribution in [0.5, 0.6) is 0 Å². The average Bonchev–Trinajstić information content (AvgIpc) is 2.71. The number of benzene rings is 1. The van der Waals surface area contributed by atoms with Gasteiger partial charge in [-0.1, -0.05) is 0 Å². The molecule has 1 aromatic heterocycles. The predicted octanol–water partition coefficient (Wildman–Crippen LogP) is 4.35. The fourth-order valence-electron chi connectivity index (χ4n) is 1.96. The third-order valence-corrected chi connectivity index (χ3v) is 4.67. The quantitative estimate of drug-likeness (QED) is 0.810. The highest BCUT2D eigenvalue weighted by molar-refractivity contribution is 9.10. The van der Waals surface area contributed by atoms with Crippen molar-refractivity contribution < 1.29 is 13.9 Å². The molecule has 5 heteroatoms. The molecule has 0 amide bonds. The molecular formula is C13H11BrF2OS. The van der Waals surface area contributed by atoms with Gasteiger partial charge in [0.05, 0.1) is 10.0 Å². The van der Waals surface area contributed by atoms with Crippen LogP contribution in [0.25, 0.3) is 0 Å². The van der Waals surface area contributed by atoms with Gasteiger partial charge < -0.3 is 5.11 Å². The highest BCUT2D eigenvalue weighted by Gasteiger charge is 2.35. The summed E-state index contributed by atoms with van der Waals surface area (Å²) in [5, 5.41) is 12.3. The summed E-state index contributed by atoms with van der Waals surface area (Å²) in [6.07, 6.45) is 0. The number of halogens is 3. The summed E-state index contributed by atoms with van der Waals surface area (Å²) >= 11 is 4.28. The van der Waals surface area contributed by atoms with Crippen molar-refractivity contribution in [3.8, 4) is 0 Å². The Balaban J connectivity index is 2.68. The van der Waals surface area contributed by atoms with E-state index in [-0.39, 0.29) is 10.0 Å². The molecule has 1 N–H and O–H groups in total.